The van der Waals surface area contributed by atoms with Crippen molar-refractivity contribution >= 4 is 0 Å². The fourth-order valence-corrected chi connectivity index (χ4v) is 2.56. The third-order valence-corrected chi connectivity index (χ3v) is 3.70. The molecule has 0 aromatic heterocycles. The molecule has 0 amide bonds. The molecule has 0 aliphatic heterocycles. The molecule has 0 spiro atoms. The van der Waals surface area contributed by atoms with Crippen molar-refractivity contribution in [3.8, 4) is 17.2 Å². The van der Waals surface area contributed by atoms with Crippen molar-refractivity contribution in [3.63, 3.8) is 0 Å². The van der Waals surface area contributed by atoms with Crippen LogP contribution in [-0.4, -0.2) is 19.1 Å². The molecule has 0 heterocycles. The van der Waals surface area contributed by atoms with E-state index in [1.54, 1.807) is 18.2 Å². The first kappa shape index (κ1) is 17.5. The summed E-state index contributed by atoms with van der Waals surface area (Å²) in [6.45, 7) is 3.66. The van der Waals surface area contributed by atoms with Crippen molar-refractivity contribution in [1.82, 2.24) is 0 Å². The van der Waals surface area contributed by atoms with E-state index in [1.807, 2.05) is 6.92 Å². The van der Waals surface area contributed by atoms with Gasteiger partial charge in [0.05, 0.1) is 6.10 Å². The first-order chi connectivity index (χ1) is 10.9. The SMILES string of the molecule is C/C=C/COc1ccc(OC2CCCC2)c(OC(F)(F)F)c1C. The van der Waals surface area contributed by atoms with E-state index >= 15 is 0 Å². The van der Waals surface area contributed by atoms with Gasteiger partial charge in [-0.05, 0) is 51.7 Å². The van der Waals surface area contributed by atoms with Crippen molar-refractivity contribution < 1.29 is 27.4 Å². The summed E-state index contributed by atoms with van der Waals surface area (Å²) in [6.07, 6.45) is 2.51. The molecule has 1 fully saturated rings. The standard InChI is InChI=1S/C17H21F3O3/c1-3-4-11-21-14-9-10-15(22-13-7-5-6-8-13)16(12(14)2)23-17(18,19)20/h3-4,9-10,13H,5-8,11H2,1-2H3/b4-3+. The molecule has 1 aliphatic rings. The van der Waals surface area contributed by atoms with Gasteiger partial charge in [-0.15, -0.1) is 13.2 Å². The summed E-state index contributed by atoms with van der Waals surface area (Å²) >= 11 is 0. The fourth-order valence-electron chi connectivity index (χ4n) is 2.56. The van der Waals surface area contributed by atoms with Crippen molar-refractivity contribution in [2.24, 2.45) is 0 Å². The Morgan fingerprint density at radius 1 is 1.17 bits per heavy atom. The van der Waals surface area contributed by atoms with Crippen LogP contribution in [0.25, 0.3) is 0 Å². The Bertz CT molecular complexity index is 547. The number of allylic oxidation sites excluding steroid dienone is 1. The third-order valence-electron chi connectivity index (χ3n) is 3.70. The summed E-state index contributed by atoms with van der Waals surface area (Å²) in [5.41, 5.74) is 0.280. The van der Waals surface area contributed by atoms with E-state index in [1.165, 1.54) is 13.0 Å². The number of rotatable bonds is 6. The zero-order valence-electron chi connectivity index (χ0n) is 13.3. The van der Waals surface area contributed by atoms with Gasteiger partial charge in [-0.1, -0.05) is 12.2 Å². The molecule has 0 unspecified atom stereocenters. The number of halogens is 3. The lowest BCUT2D eigenvalue weighted by Gasteiger charge is -2.20. The highest BCUT2D eigenvalue weighted by atomic mass is 19.4. The molecule has 1 aromatic rings. The van der Waals surface area contributed by atoms with Gasteiger partial charge in [-0.3, -0.25) is 0 Å². The average molecular weight is 330 g/mol. The van der Waals surface area contributed by atoms with Crippen LogP contribution in [0.2, 0.25) is 0 Å². The first-order valence-corrected chi connectivity index (χ1v) is 7.70. The van der Waals surface area contributed by atoms with E-state index in [4.69, 9.17) is 9.47 Å². The summed E-state index contributed by atoms with van der Waals surface area (Å²) < 4.78 is 53.6. The highest BCUT2D eigenvalue weighted by Gasteiger charge is 2.34. The molecule has 23 heavy (non-hydrogen) atoms. The van der Waals surface area contributed by atoms with Crippen molar-refractivity contribution in [2.45, 2.75) is 52.0 Å². The number of hydrogen-bond acceptors (Lipinski definition) is 3. The van der Waals surface area contributed by atoms with E-state index in [2.05, 4.69) is 4.74 Å². The second-order valence-electron chi connectivity index (χ2n) is 5.47. The maximum Gasteiger partial charge on any atom is 0.573 e. The molecule has 6 heteroatoms. The van der Waals surface area contributed by atoms with Gasteiger partial charge in [-0.25, -0.2) is 0 Å². The third kappa shape index (κ3) is 5.08. The van der Waals surface area contributed by atoms with Crippen LogP contribution >= 0.6 is 0 Å². The minimum absolute atomic E-state index is 0.0558. The van der Waals surface area contributed by atoms with Crippen molar-refractivity contribution in [2.75, 3.05) is 6.61 Å². The highest BCUT2D eigenvalue weighted by molar-refractivity contribution is 5.53. The molecule has 1 saturated carbocycles. The summed E-state index contributed by atoms with van der Waals surface area (Å²) in [5.74, 6) is 0.147. The Hall–Kier alpha value is -1.85. The molecular weight excluding hydrogens is 309 g/mol. The van der Waals surface area contributed by atoms with E-state index in [-0.39, 0.29) is 29.8 Å². The van der Waals surface area contributed by atoms with Crippen LogP contribution in [0.1, 0.15) is 38.2 Å². The smallest absolute Gasteiger partial charge is 0.489 e. The molecule has 0 radical (unpaired) electrons. The van der Waals surface area contributed by atoms with Gasteiger partial charge in [0.15, 0.2) is 11.5 Å². The zero-order chi connectivity index (χ0) is 16.9. The molecule has 2 rings (SSSR count). The normalized spacial score (nSPS) is 16.0. The maximum atomic E-state index is 12.7. The lowest BCUT2D eigenvalue weighted by atomic mass is 10.2. The second kappa shape index (κ2) is 7.62. The predicted octanol–water partition coefficient (Wildman–Crippen LogP) is 5.17. The Kier molecular flexibility index (Phi) is 5.80. The summed E-state index contributed by atoms with van der Waals surface area (Å²) in [4.78, 5) is 0. The van der Waals surface area contributed by atoms with Crippen LogP contribution in [0, 0.1) is 6.92 Å². The largest absolute Gasteiger partial charge is 0.573 e. The van der Waals surface area contributed by atoms with E-state index in [0.29, 0.717) is 5.75 Å². The summed E-state index contributed by atoms with van der Waals surface area (Å²) in [6, 6.07) is 3.10. The number of ether oxygens (including phenoxy) is 3. The van der Waals surface area contributed by atoms with E-state index in [9.17, 15) is 13.2 Å². The topological polar surface area (TPSA) is 27.7 Å². The van der Waals surface area contributed by atoms with E-state index in [0.717, 1.165) is 25.7 Å². The van der Waals surface area contributed by atoms with Gasteiger partial charge < -0.3 is 14.2 Å². The molecule has 1 aliphatic carbocycles. The van der Waals surface area contributed by atoms with Gasteiger partial charge in [0.25, 0.3) is 0 Å². The lowest BCUT2D eigenvalue weighted by Crippen LogP contribution is -2.20. The minimum atomic E-state index is -4.78. The molecule has 0 saturated heterocycles. The van der Waals surface area contributed by atoms with Crippen LogP contribution in [-0.2, 0) is 0 Å². The van der Waals surface area contributed by atoms with Crippen LogP contribution in [0.3, 0.4) is 0 Å². The summed E-state index contributed by atoms with van der Waals surface area (Å²) in [5, 5.41) is 0. The minimum Gasteiger partial charge on any atom is -0.489 e. The number of alkyl halides is 3. The maximum absolute atomic E-state index is 12.7. The van der Waals surface area contributed by atoms with Crippen LogP contribution in [0.15, 0.2) is 24.3 Å². The zero-order valence-corrected chi connectivity index (χ0v) is 13.3. The van der Waals surface area contributed by atoms with Crippen molar-refractivity contribution in [1.29, 1.82) is 0 Å². The molecule has 3 nitrogen and oxygen atoms in total. The summed E-state index contributed by atoms with van der Waals surface area (Å²) in [7, 11) is 0. The van der Waals surface area contributed by atoms with Gasteiger partial charge in [0.2, 0.25) is 0 Å². The molecule has 0 atom stereocenters. The fraction of sp³-hybridized carbons (Fsp3) is 0.529. The van der Waals surface area contributed by atoms with Crippen molar-refractivity contribution in [3.05, 3.63) is 29.8 Å². The Morgan fingerprint density at radius 2 is 1.83 bits per heavy atom. The molecule has 0 N–H and O–H groups in total. The molecule has 1 aromatic carbocycles. The van der Waals surface area contributed by atoms with Gasteiger partial charge in [0, 0.05) is 5.56 Å². The number of hydrogen-bond donors (Lipinski definition) is 0. The Labute approximate surface area is 134 Å². The molecular formula is C17H21F3O3. The average Bonchev–Trinajstić information content (AvgIpc) is 2.97. The molecule has 0 bridgehead atoms. The second-order valence-corrected chi connectivity index (χ2v) is 5.47. The monoisotopic (exact) mass is 330 g/mol. The van der Waals surface area contributed by atoms with Gasteiger partial charge in [-0.2, -0.15) is 0 Å². The quantitative estimate of drug-likeness (QED) is 0.674. The Balaban J connectivity index is 2.26. The Morgan fingerprint density at radius 3 is 2.43 bits per heavy atom. The van der Waals surface area contributed by atoms with Gasteiger partial charge >= 0.3 is 6.36 Å². The highest BCUT2D eigenvalue weighted by Crippen LogP contribution is 2.41. The van der Waals surface area contributed by atoms with E-state index < -0.39 is 6.36 Å². The first-order valence-electron chi connectivity index (χ1n) is 7.70. The molecule has 128 valence electrons. The van der Waals surface area contributed by atoms with Crippen LogP contribution < -0.4 is 14.2 Å². The lowest BCUT2D eigenvalue weighted by molar-refractivity contribution is -0.275. The van der Waals surface area contributed by atoms with Crippen LogP contribution in [0.5, 0.6) is 17.2 Å². The van der Waals surface area contributed by atoms with Gasteiger partial charge in [0.1, 0.15) is 12.4 Å². The predicted molar refractivity (Wildman–Crippen MR) is 81.1 cm³/mol. The number of benzene rings is 1. The van der Waals surface area contributed by atoms with Crippen LogP contribution in [0.4, 0.5) is 13.2 Å².